The fraction of sp³-hybridized carbons (Fsp3) is 0.400. The molecule has 0 amide bonds. The van der Waals surface area contributed by atoms with Crippen molar-refractivity contribution >= 4 is 7.82 Å². The van der Waals surface area contributed by atoms with Gasteiger partial charge in [0.1, 0.15) is 17.2 Å². The molecule has 0 aliphatic rings. The Morgan fingerprint density at radius 1 is 0.211 bits per heavy atom. The predicted molar refractivity (Wildman–Crippen MR) is 411 cm³/mol. The summed E-state index contributed by atoms with van der Waals surface area (Å²) in [6.07, 6.45) is 0. The zero-order valence-corrected chi connectivity index (χ0v) is 63.0. The average Bonchev–Trinajstić information content (AvgIpc) is 0.748. The summed E-state index contributed by atoms with van der Waals surface area (Å²) in [5.74, 6) is 2.46. The highest BCUT2D eigenvalue weighted by atomic mass is 31.2. The lowest BCUT2D eigenvalue weighted by Gasteiger charge is -2.33. The summed E-state index contributed by atoms with van der Waals surface area (Å²) in [6, 6.07) is 59.7. The molecular weight excluding hydrogens is 1180 g/mol. The first-order valence-corrected chi connectivity index (χ1v) is 37.3. The molecule has 0 bridgehead atoms. The molecule has 9 rings (SSSR count). The normalized spacial score (nSPS) is 12.3. The van der Waals surface area contributed by atoms with Crippen LogP contribution >= 0.6 is 7.82 Å². The highest BCUT2D eigenvalue weighted by Crippen LogP contribution is 2.61. The number of benzene rings is 9. The van der Waals surface area contributed by atoms with Gasteiger partial charge in [-0.25, -0.2) is 0 Å². The molecule has 95 heavy (non-hydrogen) atoms. The number of hydrogen-bond acceptors (Lipinski definition) is 4. The fourth-order valence-corrected chi connectivity index (χ4v) is 16.5. The van der Waals surface area contributed by atoms with Crippen LogP contribution in [0.3, 0.4) is 0 Å². The highest BCUT2D eigenvalue weighted by molar-refractivity contribution is 7.49. The molecule has 0 saturated carbocycles. The number of phosphoric ester groups is 1. The van der Waals surface area contributed by atoms with Crippen LogP contribution in [0.15, 0.2) is 164 Å². The molecule has 4 nitrogen and oxygen atoms in total. The summed E-state index contributed by atoms with van der Waals surface area (Å²) in [7, 11) is -5.06. The van der Waals surface area contributed by atoms with Crippen molar-refractivity contribution < 1.29 is 18.1 Å². The Bertz CT molecular complexity index is 3810. The number of hydrogen-bond donors (Lipinski definition) is 0. The first-order chi connectivity index (χ1) is 45.0. The van der Waals surface area contributed by atoms with Crippen LogP contribution in [-0.4, -0.2) is 0 Å². The monoisotopic (exact) mass is 1290 g/mol. The van der Waals surface area contributed by atoms with Gasteiger partial charge in [-0.2, -0.15) is 4.57 Å². The van der Waals surface area contributed by atoms with E-state index in [9.17, 15) is 0 Å². The molecule has 0 aliphatic carbocycles. The van der Waals surface area contributed by atoms with E-state index in [1.54, 1.807) is 0 Å². The Hall–Kier alpha value is -7.39. The van der Waals surface area contributed by atoms with Crippen LogP contribution < -0.4 is 13.6 Å². The second-order valence-electron chi connectivity index (χ2n) is 30.5. The smallest absolute Gasteiger partial charge is 0.386 e. The maximum atomic E-state index is 18.6. The Kier molecular flexibility index (Phi) is 22.7. The van der Waals surface area contributed by atoms with Gasteiger partial charge in [-0.3, -0.25) is 0 Å². The third-order valence-electron chi connectivity index (χ3n) is 19.4. The molecule has 0 spiro atoms. The van der Waals surface area contributed by atoms with E-state index in [1.807, 2.05) is 0 Å². The van der Waals surface area contributed by atoms with E-state index in [4.69, 9.17) is 13.6 Å². The molecule has 9 aromatic carbocycles. The molecule has 0 fully saturated rings. The maximum Gasteiger partial charge on any atom is 0.647 e. The zero-order valence-electron chi connectivity index (χ0n) is 62.1. The van der Waals surface area contributed by atoms with E-state index < -0.39 is 7.82 Å². The van der Waals surface area contributed by atoms with Crippen molar-refractivity contribution in [3.05, 3.63) is 231 Å². The standard InChI is InChI=1S/C90H111O4P/c1-52(2)64-37-25-31-43-70(64)76-49-79(85(61(19)20)88(82(76)58(13)14)73-46-34-28-40-67(73)55(7)8)92-95(91,93-80-50-77(71-44-32-26-38-65(71)53(3)4)83(59(15)16)89(86(80)62(21)22)74-47-35-29-41-68(74)56(9)10)94-81-51-78(72-45-33-27-39-66(72)54(5)6)84(60(17)18)90(87(81)63(23)24)75-48-36-30-42-69(75)57(11)12/h25-63H,1-24H3. The van der Waals surface area contributed by atoms with Crippen molar-refractivity contribution in [2.75, 3.05) is 0 Å². The molecule has 0 aromatic heterocycles. The van der Waals surface area contributed by atoms with Gasteiger partial charge >= 0.3 is 7.82 Å². The van der Waals surface area contributed by atoms with Crippen LogP contribution in [0.5, 0.6) is 17.2 Å². The Labute approximate surface area is 574 Å². The largest absolute Gasteiger partial charge is 0.647 e. The second kappa shape index (κ2) is 29.9. The molecule has 0 N–H and O–H groups in total. The van der Waals surface area contributed by atoms with Crippen LogP contribution in [0.2, 0.25) is 0 Å². The average molecular weight is 1290 g/mol. The summed E-state index contributed by atoms with van der Waals surface area (Å²) in [5.41, 5.74) is 27.1. The first-order valence-electron chi connectivity index (χ1n) is 35.9. The molecule has 0 atom stereocenters. The van der Waals surface area contributed by atoms with Crippen LogP contribution in [0, 0.1) is 0 Å². The van der Waals surface area contributed by atoms with Crippen molar-refractivity contribution in [1.82, 2.24) is 0 Å². The molecule has 0 saturated heterocycles. The molecule has 0 radical (unpaired) electrons. The van der Waals surface area contributed by atoms with Gasteiger partial charge in [-0.15, -0.1) is 0 Å². The van der Waals surface area contributed by atoms with E-state index >= 15 is 4.57 Å². The van der Waals surface area contributed by atoms with Crippen molar-refractivity contribution in [3.8, 4) is 84.0 Å². The van der Waals surface area contributed by atoms with Crippen LogP contribution in [0.4, 0.5) is 0 Å². The molecular formula is C90H111O4P. The summed E-state index contributed by atoms with van der Waals surface area (Å²) >= 11 is 0. The lowest BCUT2D eigenvalue weighted by molar-refractivity contribution is 0.294. The van der Waals surface area contributed by atoms with E-state index in [0.29, 0.717) is 17.2 Å². The van der Waals surface area contributed by atoms with Crippen LogP contribution in [0.25, 0.3) is 66.8 Å². The highest BCUT2D eigenvalue weighted by Gasteiger charge is 2.42. The summed E-state index contributed by atoms with van der Waals surface area (Å²) < 4.78 is 42.4. The van der Waals surface area contributed by atoms with Crippen molar-refractivity contribution in [2.24, 2.45) is 0 Å². The topological polar surface area (TPSA) is 44.8 Å². The molecule has 0 unspecified atom stereocenters. The van der Waals surface area contributed by atoms with Crippen LogP contribution in [-0.2, 0) is 4.57 Å². The van der Waals surface area contributed by atoms with Gasteiger partial charge < -0.3 is 13.6 Å². The molecule has 5 heteroatoms. The summed E-state index contributed by atoms with van der Waals surface area (Å²) in [5, 5.41) is 0. The summed E-state index contributed by atoms with van der Waals surface area (Å²) in [4.78, 5) is 0. The number of phosphoric acid groups is 1. The number of rotatable bonds is 24. The second-order valence-corrected chi connectivity index (χ2v) is 31.9. The third-order valence-corrected chi connectivity index (χ3v) is 20.6. The van der Waals surface area contributed by atoms with E-state index in [-0.39, 0.29) is 71.0 Å². The Morgan fingerprint density at radius 3 is 0.558 bits per heavy atom. The van der Waals surface area contributed by atoms with Gasteiger partial charge in [0.2, 0.25) is 0 Å². The van der Waals surface area contributed by atoms with E-state index in [0.717, 1.165) is 83.5 Å². The van der Waals surface area contributed by atoms with Gasteiger partial charge in [-0.1, -0.05) is 312 Å². The Balaban J connectivity index is 1.54. The van der Waals surface area contributed by atoms with E-state index in [1.165, 1.54) is 50.1 Å². The van der Waals surface area contributed by atoms with Crippen molar-refractivity contribution in [1.29, 1.82) is 0 Å². The van der Waals surface area contributed by atoms with Crippen molar-refractivity contribution in [2.45, 2.75) is 237 Å². The molecule has 0 heterocycles. The zero-order chi connectivity index (χ0) is 69.2. The minimum Gasteiger partial charge on any atom is -0.386 e. The Morgan fingerprint density at radius 2 is 0.379 bits per heavy atom. The third kappa shape index (κ3) is 14.7. The van der Waals surface area contributed by atoms with E-state index in [2.05, 4.69) is 330 Å². The molecule has 500 valence electrons. The predicted octanol–water partition coefficient (Wildman–Crippen LogP) is 28.8. The molecule has 0 aliphatic heterocycles. The van der Waals surface area contributed by atoms with Crippen molar-refractivity contribution in [3.63, 3.8) is 0 Å². The minimum absolute atomic E-state index is 0.0750. The minimum atomic E-state index is -5.06. The van der Waals surface area contributed by atoms with Crippen LogP contribution in [0.1, 0.15) is 304 Å². The van der Waals surface area contributed by atoms with Gasteiger partial charge in [0.25, 0.3) is 0 Å². The fourth-order valence-electron chi connectivity index (χ4n) is 15.2. The van der Waals surface area contributed by atoms with Gasteiger partial charge in [0.15, 0.2) is 0 Å². The van der Waals surface area contributed by atoms with Gasteiger partial charge in [-0.05, 0) is 206 Å². The van der Waals surface area contributed by atoms with Gasteiger partial charge in [0, 0.05) is 16.7 Å². The SMILES string of the molecule is CC(C)c1ccccc1-c1cc(OP(=O)(Oc2cc(-c3ccccc3C(C)C)c(C(C)C)c(-c3ccccc3C(C)C)c2C(C)C)Oc2cc(-c3ccccc3C(C)C)c(C(C)C)c(-c3ccccc3C(C)C)c2C(C)C)c(C(C)C)c(-c2ccccc2C(C)C)c1C(C)C. The maximum absolute atomic E-state index is 18.6. The van der Waals surface area contributed by atoms with Gasteiger partial charge in [0.05, 0.1) is 0 Å². The lowest BCUT2D eigenvalue weighted by Crippen LogP contribution is -2.15. The molecule has 9 aromatic rings. The lowest BCUT2D eigenvalue weighted by atomic mass is 9.77. The summed E-state index contributed by atoms with van der Waals surface area (Å²) in [6.45, 7) is 54.7. The quantitative estimate of drug-likeness (QED) is 0.0566. The first kappa shape index (κ1) is 71.9.